The predicted octanol–water partition coefficient (Wildman–Crippen LogP) is 5.33. The number of benzene rings is 2. The van der Waals surface area contributed by atoms with E-state index in [1.165, 1.54) is 11.1 Å². The molecule has 0 radical (unpaired) electrons. The summed E-state index contributed by atoms with van der Waals surface area (Å²) >= 11 is 18.3. The lowest BCUT2D eigenvalue weighted by Crippen LogP contribution is -2.23. The van der Waals surface area contributed by atoms with E-state index in [0.29, 0.717) is 34.0 Å². The molecule has 2 nitrogen and oxygen atoms in total. The number of nitrogens with one attached hydrogen (secondary N) is 1. The van der Waals surface area contributed by atoms with Gasteiger partial charge in [-0.25, -0.2) is 0 Å². The number of fused-ring (bicyclic) bond motifs is 1. The van der Waals surface area contributed by atoms with E-state index in [4.69, 9.17) is 39.5 Å². The highest BCUT2D eigenvalue weighted by molar-refractivity contribution is 6.41. The third kappa shape index (κ3) is 2.75. The zero-order chi connectivity index (χ0) is 14.1. The summed E-state index contributed by atoms with van der Waals surface area (Å²) in [6.45, 7) is 1.21. The van der Waals surface area contributed by atoms with Crippen molar-refractivity contribution in [3.8, 4) is 0 Å². The molecule has 1 unspecified atom stereocenters. The van der Waals surface area contributed by atoms with Gasteiger partial charge in [0.1, 0.15) is 0 Å². The van der Waals surface area contributed by atoms with Crippen molar-refractivity contribution < 1.29 is 4.74 Å². The third-order valence-corrected chi connectivity index (χ3v) is 4.11. The van der Waals surface area contributed by atoms with Crippen molar-refractivity contribution in [3.05, 3.63) is 62.6 Å². The van der Waals surface area contributed by atoms with Crippen LogP contribution in [-0.4, -0.2) is 6.61 Å². The van der Waals surface area contributed by atoms with Gasteiger partial charge in [-0.3, -0.25) is 0 Å². The van der Waals surface area contributed by atoms with Gasteiger partial charge in [-0.1, -0.05) is 59.1 Å². The number of rotatable bonds is 2. The van der Waals surface area contributed by atoms with E-state index < -0.39 is 0 Å². The molecule has 1 N–H and O–H groups in total. The molecule has 1 atom stereocenters. The lowest BCUT2D eigenvalue weighted by molar-refractivity contribution is 0.0970. The average molecular weight is 329 g/mol. The topological polar surface area (TPSA) is 21.3 Å². The van der Waals surface area contributed by atoms with Gasteiger partial charge >= 0.3 is 0 Å². The van der Waals surface area contributed by atoms with E-state index in [1.807, 2.05) is 12.1 Å². The molecule has 1 aliphatic heterocycles. The van der Waals surface area contributed by atoms with Gasteiger partial charge in [0.15, 0.2) is 0 Å². The Morgan fingerprint density at radius 3 is 2.50 bits per heavy atom. The molecule has 20 heavy (non-hydrogen) atoms. The lowest BCUT2D eigenvalue weighted by atomic mass is 9.99. The monoisotopic (exact) mass is 327 g/mol. The van der Waals surface area contributed by atoms with Gasteiger partial charge in [0.05, 0.1) is 35.0 Å². The molecule has 3 rings (SSSR count). The molecular formula is C15H12Cl3NO. The van der Waals surface area contributed by atoms with Crippen LogP contribution in [0, 0.1) is 0 Å². The molecule has 0 bridgehead atoms. The van der Waals surface area contributed by atoms with E-state index in [9.17, 15) is 0 Å². The molecule has 0 fully saturated rings. The van der Waals surface area contributed by atoms with E-state index in [0.717, 1.165) is 0 Å². The zero-order valence-corrected chi connectivity index (χ0v) is 12.8. The number of hydrogen-bond acceptors (Lipinski definition) is 2. The van der Waals surface area contributed by atoms with Crippen LogP contribution in [0.4, 0.5) is 5.69 Å². The Hall–Kier alpha value is -0.930. The van der Waals surface area contributed by atoms with Gasteiger partial charge in [-0.15, -0.1) is 0 Å². The Bertz CT molecular complexity index is 622. The van der Waals surface area contributed by atoms with Crippen LogP contribution >= 0.6 is 34.8 Å². The maximum atomic E-state index is 6.21. The second-order valence-corrected chi connectivity index (χ2v) is 5.91. The summed E-state index contributed by atoms with van der Waals surface area (Å²) < 4.78 is 5.61. The smallest absolute Gasteiger partial charge is 0.0752 e. The Labute approximate surface area is 132 Å². The summed E-state index contributed by atoms with van der Waals surface area (Å²) in [7, 11) is 0. The first-order chi connectivity index (χ1) is 9.65. The number of ether oxygens (including phenoxy) is 1. The van der Waals surface area contributed by atoms with Crippen molar-refractivity contribution in [1.29, 1.82) is 0 Å². The van der Waals surface area contributed by atoms with Gasteiger partial charge < -0.3 is 10.1 Å². The van der Waals surface area contributed by atoms with Gasteiger partial charge in [-0.2, -0.15) is 0 Å². The SMILES string of the molecule is Clc1cc(Cl)c(NC2COCc3ccccc32)c(Cl)c1. The number of hydrogen-bond donors (Lipinski definition) is 1. The van der Waals surface area contributed by atoms with Crippen LogP contribution in [0.1, 0.15) is 17.2 Å². The second-order valence-electron chi connectivity index (χ2n) is 4.66. The average Bonchev–Trinajstić information content (AvgIpc) is 2.43. The van der Waals surface area contributed by atoms with Crippen molar-refractivity contribution in [3.63, 3.8) is 0 Å². The van der Waals surface area contributed by atoms with Crippen LogP contribution in [0.25, 0.3) is 0 Å². The first-order valence-electron chi connectivity index (χ1n) is 6.22. The quantitative estimate of drug-likeness (QED) is 0.804. The molecule has 2 aromatic carbocycles. The van der Waals surface area contributed by atoms with Crippen molar-refractivity contribution >= 4 is 40.5 Å². The molecule has 5 heteroatoms. The fraction of sp³-hybridized carbons (Fsp3) is 0.200. The largest absolute Gasteiger partial charge is 0.374 e. The maximum Gasteiger partial charge on any atom is 0.0752 e. The minimum Gasteiger partial charge on any atom is -0.374 e. The third-order valence-electron chi connectivity index (χ3n) is 3.30. The van der Waals surface area contributed by atoms with Gasteiger partial charge in [0, 0.05) is 5.02 Å². The Morgan fingerprint density at radius 1 is 1.05 bits per heavy atom. The normalized spacial score (nSPS) is 17.6. The lowest BCUT2D eigenvalue weighted by Gasteiger charge is -2.28. The van der Waals surface area contributed by atoms with Gasteiger partial charge in [0.2, 0.25) is 0 Å². The summed E-state index contributed by atoms with van der Waals surface area (Å²) in [5, 5.41) is 4.88. The molecule has 0 saturated heterocycles. The fourth-order valence-corrected chi connectivity index (χ4v) is 3.28. The van der Waals surface area contributed by atoms with Crippen LogP contribution in [0.2, 0.25) is 15.1 Å². The molecule has 1 aliphatic rings. The van der Waals surface area contributed by atoms with E-state index in [2.05, 4.69) is 17.4 Å². The highest BCUT2D eigenvalue weighted by Crippen LogP contribution is 2.37. The van der Waals surface area contributed by atoms with Crippen LogP contribution in [-0.2, 0) is 11.3 Å². The molecule has 0 aromatic heterocycles. The molecule has 2 aromatic rings. The minimum atomic E-state index is 0.0242. The highest BCUT2D eigenvalue weighted by atomic mass is 35.5. The maximum absolute atomic E-state index is 6.21. The predicted molar refractivity (Wildman–Crippen MR) is 83.9 cm³/mol. The highest BCUT2D eigenvalue weighted by Gasteiger charge is 2.22. The van der Waals surface area contributed by atoms with Crippen molar-refractivity contribution in [2.24, 2.45) is 0 Å². The van der Waals surface area contributed by atoms with Crippen LogP contribution in [0.15, 0.2) is 36.4 Å². The Balaban J connectivity index is 1.94. The summed E-state index contributed by atoms with van der Waals surface area (Å²) in [6, 6.07) is 11.6. The zero-order valence-electron chi connectivity index (χ0n) is 10.5. The molecule has 104 valence electrons. The van der Waals surface area contributed by atoms with Gasteiger partial charge in [0.25, 0.3) is 0 Å². The standard InChI is InChI=1S/C15H12Cl3NO/c16-10-5-12(17)15(13(18)6-10)19-14-8-20-7-9-3-1-2-4-11(9)14/h1-6,14,19H,7-8H2. The molecular weight excluding hydrogens is 317 g/mol. The first-order valence-corrected chi connectivity index (χ1v) is 7.35. The van der Waals surface area contributed by atoms with Crippen molar-refractivity contribution in [2.45, 2.75) is 12.6 Å². The summed E-state index contributed by atoms with van der Waals surface area (Å²) in [4.78, 5) is 0. The minimum absolute atomic E-state index is 0.0242. The number of halogens is 3. The van der Waals surface area contributed by atoms with E-state index >= 15 is 0 Å². The van der Waals surface area contributed by atoms with Crippen LogP contribution < -0.4 is 5.32 Å². The fourth-order valence-electron chi connectivity index (χ4n) is 2.36. The first kappa shape index (κ1) is 14.0. The van der Waals surface area contributed by atoms with E-state index in [-0.39, 0.29) is 6.04 Å². The second kappa shape index (κ2) is 5.82. The molecule has 0 spiro atoms. The number of anilines is 1. The summed E-state index contributed by atoms with van der Waals surface area (Å²) in [5.41, 5.74) is 3.07. The Morgan fingerprint density at radius 2 is 1.75 bits per heavy atom. The molecule has 1 heterocycles. The summed E-state index contributed by atoms with van der Waals surface area (Å²) in [5.74, 6) is 0. The molecule has 0 amide bonds. The molecule has 0 saturated carbocycles. The van der Waals surface area contributed by atoms with Crippen LogP contribution in [0.5, 0.6) is 0 Å². The van der Waals surface area contributed by atoms with Crippen LogP contribution in [0.3, 0.4) is 0 Å². The van der Waals surface area contributed by atoms with E-state index in [1.54, 1.807) is 12.1 Å². The van der Waals surface area contributed by atoms with Crippen molar-refractivity contribution in [1.82, 2.24) is 0 Å². The Kier molecular flexibility index (Phi) is 4.08. The van der Waals surface area contributed by atoms with Crippen molar-refractivity contribution in [2.75, 3.05) is 11.9 Å². The van der Waals surface area contributed by atoms with Gasteiger partial charge in [-0.05, 0) is 23.3 Å². The summed E-state index contributed by atoms with van der Waals surface area (Å²) in [6.07, 6.45) is 0. The molecule has 0 aliphatic carbocycles.